The molecule has 1 heterocycles. The van der Waals surface area contributed by atoms with Gasteiger partial charge in [0.05, 0.1) is 29.0 Å². The number of imidazole rings is 1. The van der Waals surface area contributed by atoms with Crippen molar-refractivity contribution in [1.82, 2.24) is 9.55 Å². The molecule has 0 aliphatic heterocycles. The number of nitrogens with zero attached hydrogens (tertiary/aromatic N) is 2. The number of halogens is 3. The zero-order chi connectivity index (χ0) is 12.6. The van der Waals surface area contributed by atoms with E-state index in [0.717, 1.165) is 12.1 Å². The third-order valence-corrected chi connectivity index (χ3v) is 2.41. The summed E-state index contributed by atoms with van der Waals surface area (Å²) in [6, 6.07) is 3.39. The minimum absolute atomic E-state index is 0.278. The van der Waals surface area contributed by atoms with Crippen molar-refractivity contribution < 1.29 is 18.3 Å². The van der Waals surface area contributed by atoms with Crippen molar-refractivity contribution in [3.63, 3.8) is 0 Å². The van der Waals surface area contributed by atoms with Gasteiger partial charge >= 0.3 is 6.18 Å². The predicted molar refractivity (Wildman–Crippen MR) is 56.4 cm³/mol. The average molecular weight is 244 g/mol. The van der Waals surface area contributed by atoms with Crippen LogP contribution >= 0.6 is 0 Å². The van der Waals surface area contributed by atoms with Gasteiger partial charge in [0.2, 0.25) is 0 Å². The lowest BCUT2D eigenvalue weighted by atomic mass is 10.2. The Bertz CT molecular complexity index is 531. The van der Waals surface area contributed by atoms with E-state index >= 15 is 0 Å². The van der Waals surface area contributed by atoms with Crippen LogP contribution in [0.5, 0.6) is 0 Å². The Morgan fingerprint density at radius 2 is 2.12 bits per heavy atom. The van der Waals surface area contributed by atoms with Gasteiger partial charge in [0, 0.05) is 6.54 Å². The summed E-state index contributed by atoms with van der Waals surface area (Å²) in [4.78, 5) is 3.90. The monoisotopic (exact) mass is 244 g/mol. The second-order valence-corrected chi connectivity index (χ2v) is 3.95. The summed E-state index contributed by atoms with van der Waals surface area (Å²) in [5.41, 5.74) is 0.145. The number of aliphatic hydroxyl groups excluding tert-OH is 1. The van der Waals surface area contributed by atoms with Gasteiger partial charge < -0.3 is 9.67 Å². The molecular weight excluding hydrogens is 233 g/mol. The van der Waals surface area contributed by atoms with E-state index in [1.165, 1.54) is 12.4 Å². The quantitative estimate of drug-likeness (QED) is 0.881. The van der Waals surface area contributed by atoms with E-state index in [1.807, 2.05) is 0 Å². The molecule has 92 valence electrons. The number of aliphatic hydroxyl groups is 1. The molecule has 0 saturated heterocycles. The number of benzene rings is 1. The molecule has 0 unspecified atom stereocenters. The number of hydrogen-bond acceptors (Lipinski definition) is 2. The van der Waals surface area contributed by atoms with Gasteiger partial charge in [-0.05, 0) is 25.1 Å². The van der Waals surface area contributed by atoms with Crippen LogP contribution in [0.1, 0.15) is 12.5 Å². The molecule has 0 aliphatic carbocycles. The van der Waals surface area contributed by atoms with Crippen LogP contribution in [-0.4, -0.2) is 20.8 Å². The molecule has 0 fully saturated rings. The lowest BCUT2D eigenvalue weighted by Crippen LogP contribution is -2.10. The zero-order valence-corrected chi connectivity index (χ0v) is 9.07. The van der Waals surface area contributed by atoms with Gasteiger partial charge in [-0.3, -0.25) is 0 Å². The third-order valence-electron chi connectivity index (χ3n) is 2.41. The predicted octanol–water partition coefficient (Wildman–Crippen LogP) is 2.44. The Kier molecular flexibility index (Phi) is 2.82. The molecule has 3 nitrogen and oxygen atoms in total. The second kappa shape index (κ2) is 4.03. The smallest absolute Gasteiger partial charge is 0.392 e. The van der Waals surface area contributed by atoms with Crippen LogP contribution < -0.4 is 0 Å². The van der Waals surface area contributed by atoms with E-state index in [1.54, 1.807) is 11.5 Å². The SMILES string of the molecule is C[C@H](O)Cn1cnc2cc(C(F)(F)F)ccc21. The Labute approximate surface area is 95.5 Å². The van der Waals surface area contributed by atoms with Crippen LogP contribution in [0.4, 0.5) is 13.2 Å². The van der Waals surface area contributed by atoms with E-state index in [2.05, 4.69) is 4.98 Å². The number of rotatable bonds is 2. The maximum atomic E-state index is 12.5. The molecule has 1 aromatic heterocycles. The third kappa shape index (κ3) is 2.41. The average Bonchev–Trinajstić information content (AvgIpc) is 2.59. The number of alkyl halides is 3. The maximum Gasteiger partial charge on any atom is 0.416 e. The van der Waals surface area contributed by atoms with Crippen LogP contribution in [0.15, 0.2) is 24.5 Å². The second-order valence-electron chi connectivity index (χ2n) is 3.95. The number of hydrogen-bond donors (Lipinski definition) is 1. The summed E-state index contributed by atoms with van der Waals surface area (Å²) in [5, 5.41) is 9.24. The molecule has 1 atom stereocenters. The fraction of sp³-hybridized carbons (Fsp3) is 0.364. The summed E-state index contributed by atoms with van der Waals surface area (Å²) in [5.74, 6) is 0. The first-order valence-electron chi connectivity index (χ1n) is 5.08. The first kappa shape index (κ1) is 11.9. The molecule has 2 rings (SSSR count). The normalized spacial score (nSPS) is 14.2. The molecule has 6 heteroatoms. The molecule has 2 aromatic rings. The maximum absolute atomic E-state index is 12.5. The first-order valence-corrected chi connectivity index (χ1v) is 5.08. The highest BCUT2D eigenvalue weighted by atomic mass is 19.4. The van der Waals surface area contributed by atoms with Gasteiger partial charge in [-0.25, -0.2) is 4.98 Å². The standard InChI is InChI=1S/C11H11F3N2O/c1-7(17)5-16-6-15-9-4-8(11(12,13)14)2-3-10(9)16/h2-4,6-7,17H,5H2,1H3/t7-/m0/s1. The highest BCUT2D eigenvalue weighted by molar-refractivity contribution is 5.76. The van der Waals surface area contributed by atoms with Gasteiger partial charge in [-0.1, -0.05) is 0 Å². The Hall–Kier alpha value is -1.56. The van der Waals surface area contributed by atoms with E-state index in [0.29, 0.717) is 12.1 Å². The summed E-state index contributed by atoms with van der Waals surface area (Å²) in [6.07, 6.45) is -3.51. The van der Waals surface area contributed by atoms with Crippen LogP contribution in [0.2, 0.25) is 0 Å². The van der Waals surface area contributed by atoms with Crippen molar-refractivity contribution >= 4 is 11.0 Å². The van der Waals surface area contributed by atoms with Crippen LogP contribution in [0.25, 0.3) is 11.0 Å². The van der Waals surface area contributed by atoms with Crippen molar-refractivity contribution in [3.8, 4) is 0 Å². The molecule has 1 aromatic carbocycles. The largest absolute Gasteiger partial charge is 0.416 e. The fourth-order valence-electron chi connectivity index (χ4n) is 1.67. The van der Waals surface area contributed by atoms with Gasteiger partial charge in [0.15, 0.2) is 0 Å². The summed E-state index contributed by atoms with van der Waals surface area (Å²) < 4.78 is 39.0. The summed E-state index contributed by atoms with van der Waals surface area (Å²) >= 11 is 0. The van der Waals surface area contributed by atoms with Gasteiger partial charge in [0.25, 0.3) is 0 Å². The van der Waals surface area contributed by atoms with Crippen LogP contribution in [-0.2, 0) is 12.7 Å². The Morgan fingerprint density at radius 3 is 2.71 bits per heavy atom. The molecule has 0 radical (unpaired) electrons. The first-order chi connectivity index (χ1) is 7.88. The highest BCUT2D eigenvalue weighted by Crippen LogP contribution is 2.31. The van der Waals surface area contributed by atoms with Crippen molar-refractivity contribution in [2.75, 3.05) is 0 Å². The minimum Gasteiger partial charge on any atom is -0.392 e. The lowest BCUT2D eigenvalue weighted by Gasteiger charge is -2.08. The number of fused-ring (bicyclic) bond motifs is 1. The molecule has 1 N–H and O–H groups in total. The Balaban J connectivity index is 2.45. The minimum atomic E-state index is -4.36. The summed E-state index contributed by atoms with van der Waals surface area (Å²) in [7, 11) is 0. The van der Waals surface area contributed by atoms with Gasteiger partial charge in [-0.15, -0.1) is 0 Å². The molecular formula is C11H11F3N2O. The summed E-state index contributed by atoms with van der Waals surface area (Å²) in [6.45, 7) is 1.91. The van der Waals surface area contributed by atoms with Gasteiger partial charge in [0.1, 0.15) is 0 Å². The molecule has 0 saturated carbocycles. The topological polar surface area (TPSA) is 38.0 Å². The molecule has 0 amide bonds. The van der Waals surface area contributed by atoms with Gasteiger partial charge in [-0.2, -0.15) is 13.2 Å². The highest BCUT2D eigenvalue weighted by Gasteiger charge is 2.30. The van der Waals surface area contributed by atoms with E-state index < -0.39 is 17.8 Å². The van der Waals surface area contributed by atoms with Crippen LogP contribution in [0, 0.1) is 0 Å². The van der Waals surface area contributed by atoms with Crippen molar-refractivity contribution in [2.45, 2.75) is 25.7 Å². The molecule has 0 bridgehead atoms. The van der Waals surface area contributed by atoms with Crippen LogP contribution in [0.3, 0.4) is 0 Å². The molecule has 0 spiro atoms. The number of aromatic nitrogens is 2. The van der Waals surface area contributed by atoms with E-state index in [-0.39, 0.29) is 5.52 Å². The van der Waals surface area contributed by atoms with E-state index in [4.69, 9.17) is 0 Å². The lowest BCUT2D eigenvalue weighted by molar-refractivity contribution is -0.137. The van der Waals surface area contributed by atoms with Crippen molar-refractivity contribution in [3.05, 3.63) is 30.1 Å². The van der Waals surface area contributed by atoms with E-state index in [9.17, 15) is 18.3 Å². The molecule has 0 aliphatic rings. The van der Waals surface area contributed by atoms with Crippen molar-refractivity contribution in [2.24, 2.45) is 0 Å². The zero-order valence-electron chi connectivity index (χ0n) is 9.07. The molecule has 17 heavy (non-hydrogen) atoms. The van der Waals surface area contributed by atoms with Crippen molar-refractivity contribution in [1.29, 1.82) is 0 Å². The Morgan fingerprint density at radius 1 is 1.41 bits per heavy atom. The fourth-order valence-corrected chi connectivity index (χ4v) is 1.67.